The molecule has 6 heteroatoms. The number of aromatic nitrogens is 1. The van der Waals surface area contributed by atoms with Crippen molar-refractivity contribution in [2.45, 2.75) is 0 Å². The van der Waals surface area contributed by atoms with Gasteiger partial charge < -0.3 is 4.52 Å². The maximum atomic E-state index is 13.5. The molecule has 0 saturated carbocycles. The van der Waals surface area contributed by atoms with Crippen LogP contribution in [0.15, 0.2) is 22.7 Å². The summed E-state index contributed by atoms with van der Waals surface area (Å²) in [6.07, 6.45) is 0.461. The molecule has 1 aromatic heterocycles. The van der Waals surface area contributed by atoms with Crippen molar-refractivity contribution in [2.24, 2.45) is 0 Å². The molecule has 0 N–H and O–H groups in total. The summed E-state index contributed by atoms with van der Waals surface area (Å²) in [6, 6.07) is 4.00. The van der Waals surface area contributed by atoms with Crippen LogP contribution in [0.2, 0.25) is 10.2 Å². The molecule has 0 saturated heterocycles. The van der Waals surface area contributed by atoms with Crippen molar-refractivity contribution in [2.75, 3.05) is 0 Å². The molecule has 0 radical (unpaired) electrons. The lowest BCUT2D eigenvalue weighted by molar-refractivity contribution is 0.112. The zero-order chi connectivity index (χ0) is 11.7. The highest BCUT2D eigenvalue weighted by Gasteiger charge is 2.18. The second-order valence-electron chi connectivity index (χ2n) is 2.96. The molecule has 0 aliphatic carbocycles. The van der Waals surface area contributed by atoms with Crippen molar-refractivity contribution in [3.8, 4) is 11.3 Å². The number of nitrogens with zero attached hydrogens (tertiary/aromatic N) is 1. The number of carbonyl (C=O) groups excluding carboxylic acids is 1. The van der Waals surface area contributed by atoms with Gasteiger partial charge in [-0.25, -0.2) is 4.39 Å². The van der Waals surface area contributed by atoms with E-state index in [9.17, 15) is 9.18 Å². The van der Waals surface area contributed by atoms with Crippen LogP contribution in [0, 0.1) is 5.82 Å². The van der Waals surface area contributed by atoms with Gasteiger partial charge in [0.05, 0.1) is 0 Å². The molecular formula is C10H4Cl2FNO2. The van der Waals surface area contributed by atoms with Crippen molar-refractivity contribution >= 4 is 29.5 Å². The van der Waals surface area contributed by atoms with Gasteiger partial charge in [-0.3, -0.25) is 4.79 Å². The van der Waals surface area contributed by atoms with Crippen LogP contribution in [-0.2, 0) is 0 Å². The maximum Gasteiger partial charge on any atom is 0.237 e. The lowest BCUT2D eigenvalue weighted by atomic mass is 10.1. The van der Waals surface area contributed by atoms with Crippen molar-refractivity contribution in [3.63, 3.8) is 0 Å². The maximum absolute atomic E-state index is 13.5. The Balaban J connectivity index is 2.63. The van der Waals surface area contributed by atoms with Crippen molar-refractivity contribution < 1.29 is 13.7 Å². The van der Waals surface area contributed by atoms with Gasteiger partial charge in [-0.1, -0.05) is 16.8 Å². The van der Waals surface area contributed by atoms with Gasteiger partial charge in [0.25, 0.3) is 0 Å². The first-order chi connectivity index (χ1) is 7.63. The first kappa shape index (κ1) is 11.1. The van der Waals surface area contributed by atoms with Crippen molar-refractivity contribution in [3.05, 3.63) is 39.8 Å². The van der Waals surface area contributed by atoms with E-state index in [4.69, 9.17) is 23.2 Å². The third-order valence-corrected chi connectivity index (χ3v) is 2.50. The fourth-order valence-electron chi connectivity index (χ4n) is 1.26. The van der Waals surface area contributed by atoms with Gasteiger partial charge in [0, 0.05) is 10.6 Å². The van der Waals surface area contributed by atoms with Crippen LogP contribution in [-0.4, -0.2) is 11.4 Å². The predicted octanol–water partition coefficient (Wildman–Crippen LogP) is 3.60. The molecule has 0 fully saturated rings. The SMILES string of the molecule is O=Cc1c(-c2ccc(Cl)cc2F)noc1Cl. The lowest BCUT2D eigenvalue weighted by Gasteiger charge is -1.99. The van der Waals surface area contributed by atoms with E-state index in [1.54, 1.807) is 0 Å². The van der Waals surface area contributed by atoms with E-state index in [0.29, 0.717) is 6.29 Å². The Morgan fingerprint density at radius 3 is 2.75 bits per heavy atom. The summed E-state index contributed by atoms with van der Waals surface area (Å²) in [7, 11) is 0. The molecule has 0 spiro atoms. The molecule has 0 atom stereocenters. The smallest absolute Gasteiger partial charge is 0.237 e. The van der Waals surface area contributed by atoms with E-state index in [1.165, 1.54) is 12.1 Å². The summed E-state index contributed by atoms with van der Waals surface area (Å²) in [5.74, 6) is -0.597. The summed E-state index contributed by atoms with van der Waals surface area (Å²) in [5.41, 5.74) is 0.194. The number of hydrogen-bond acceptors (Lipinski definition) is 3. The quantitative estimate of drug-likeness (QED) is 0.774. The monoisotopic (exact) mass is 259 g/mol. The van der Waals surface area contributed by atoms with Crippen molar-refractivity contribution in [1.29, 1.82) is 0 Å². The minimum absolute atomic E-state index is 0.0166. The summed E-state index contributed by atoms with van der Waals surface area (Å²) in [4.78, 5) is 10.7. The summed E-state index contributed by atoms with van der Waals surface area (Å²) >= 11 is 11.2. The minimum Gasteiger partial charge on any atom is -0.343 e. The van der Waals surface area contributed by atoms with Crippen LogP contribution in [0.1, 0.15) is 10.4 Å². The van der Waals surface area contributed by atoms with Gasteiger partial charge in [0.15, 0.2) is 6.29 Å². The molecule has 1 heterocycles. The summed E-state index contributed by atoms with van der Waals surface area (Å²) in [5, 5.41) is 3.61. The van der Waals surface area contributed by atoms with E-state index < -0.39 is 5.82 Å². The predicted molar refractivity (Wildman–Crippen MR) is 57.3 cm³/mol. The number of benzene rings is 1. The number of rotatable bonds is 2. The second kappa shape index (κ2) is 4.23. The van der Waals surface area contributed by atoms with E-state index in [-0.39, 0.29) is 27.1 Å². The molecule has 2 aromatic rings. The molecule has 0 aliphatic rings. The second-order valence-corrected chi connectivity index (χ2v) is 3.74. The first-order valence-electron chi connectivity index (χ1n) is 4.19. The molecule has 3 nitrogen and oxygen atoms in total. The fourth-order valence-corrected chi connectivity index (χ4v) is 1.58. The molecule has 0 aliphatic heterocycles. The van der Waals surface area contributed by atoms with E-state index in [0.717, 1.165) is 6.07 Å². The van der Waals surface area contributed by atoms with Crippen LogP contribution in [0.25, 0.3) is 11.3 Å². The number of aldehydes is 1. The Kier molecular flexibility index (Phi) is 2.94. The Bertz CT molecular complexity index is 554. The van der Waals surface area contributed by atoms with Gasteiger partial charge in [-0.05, 0) is 29.8 Å². The van der Waals surface area contributed by atoms with E-state index in [1.807, 2.05) is 0 Å². The van der Waals surface area contributed by atoms with Crippen LogP contribution in [0.3, 0.4) is 0 Å². The van der Waals surface area contributed by atoms with Gasteiger partial charge >= 0.3 is 0 Å². The Morgan fingerprint density at radius 1 is 1.38 bits per heavy atom. The average molecular weight is 260 g/mol. The fraction of sp³-hybridized carbons (Fsp3) is 0. The number of hydrogen-bond donors (Lipinski definition) is 0. The molecular weight excluding hydrogens is 256 g/mol. The molecule has 0 unspecified atom stereocenters. The topological polar surface area (TPSA) is 43.1 Å². The highest BCUT2D eigenvalue weighted by molar-refractivity contribution is 6.32. The zero-order valence-corrected chi connectivity index (χ0v) is 9.22. The Morgan fingerprint density at radius 2 is 2.12 bits per heavy atom. The largest absolute Gasteiger partial charge is 0.343 e. The van der Waals surface area contributed by atoms with Crippen molar-refractivity contribution in [1.82, 2.24) is 5.16 Å². The standard InChI is InChI=1S/C10H4Cl2FNO2/c11-5-1-2-6(8(13)3-5)9-7(4-15)10(12)16-14-9/h1-4H. The van der Waals surface area contributed by atoms with Crippen LogP contribution in [0.4, 0.5) is 4.39 Å². The molecule has 16 heavy (non-hydrogen) atoms. The number of carbonyl (C=O) groups is 1. The average Bonchev–Trinajstić information content (AvgIpc) is 2.59. The van der Waals surface area contributed by atoms with Crippen LogP contribution >= 0.6 is 23.2 Å². The van der Waals surface area contributed by atoms with Gasteiger partial charge in [0.2, 0.25) is 5.22 Å². The lowest BCUT2D eigenvalue weighted by Crippen LogP contribution is -1.88. The molecule has 0 amide bonds. The number of halogens is 3. The van der Waals surface area contributed by atoms with Gasteiger partial charge in [-0.2, -0.15) is 0 Å². The summed E-state index contributed by atoms with van der Waals surface area (Å²) < 4.78 is 18.1. The minimum atomic E-state index is -0.597. The first-order valence-corrected chi connectivity index (χ1v) is 4.95. The molecule has 0 bridgehead atoms. The van der Waals surface area contributed by atoms with Crippen LogP contribution in [0.5, 0.6) is 0 Å². The summed E-state index contributed by atoms with van der Waals surface area (Å²) in [6.45, 7) is 0. The zero-order valence-electron chi connectivity index (χ0n) is 7.71. The van der Waals surface area contributed by atoms with Gasteiger partial charge in [-0.15, -0.1) is 0 Å². The molecule has 1 aromatic carbocycles. The molecule has 82 valence electrons. The Hall–Kier alpha value is -1.39. The van der Waals surface area contributed by atoms with Gasteiger partial charge in [0.1, 0.15) is 17.1 Å². The van der Waals surface area contributed by atoms with E-state index >= 15 is 0 Å². The molecule has 2 rings (SSSR count). The highest BCUT2D eigenvalue weighted by Crippen LogP contribution is 2.30. The highest BCUT2D eigenvalue weighted by atomic mass is 35.5. The van der Waals surface area contributed by atoms with E-state index in [2.05, 4.69) is 9.68 Å². The third-order valence-electron chi connectivity index (χ3n) is 1.99. The Labute approximate surface area is 99.8 Å². The normalized spacial score (nSPS) is 10.4. The third kappa shape index (κ3) is 1.81. The van der Waals surface area contributed by atoms with Crippen LogP contribution < -0.4 is 0 Å².